The standard InChI is InChI=1S/C27H35FN4O/c1-6-30-15-13-24(14-16-30)32(26-17-21(18-29)7-12-25(26)28)23-10-8-22(9-11-23)27(33)31(19(2)3)20(4)5/h7-12,17,19-20,24H,6,13-16H2,1-5H3. The van der Waals surface area contributed by atoms with Gasteiger partial charge in [0.1, 0.15) is 5.82 Å². The van der Waals surface area contributed by atoms with Crippen LogP contribution in [0.4, 0.5) is 15.8 Å². The summed E-state index contributed by atoms with van der Waals surface area (Å²) in [7, 11) is 0. The Balaban J connectivity index is 1.98. The van der Waals surface area contributed by atoms with E-state index >= 15 is 4.39 Å². The van der Waals surface area contributed by atoms with Gasteiger partial charge in [-0.3, -0.25) is 4.79 Å². The number of hydrogen-bond acceptors (Lipinski definition) is 4. The van der Waals surface area contributed by atoms with Crippen molar-refractivity contribution in [3.63, 3.8) is 0 Å². The molecule has 2 aromatic rings. The highest BCUT2D eigenvalue weighted by Gasteiger charge is 2.28. The Morgan fingerprint density at radius 3 is 2.21 bits per heavy atom. The molecule has 0 aliphatic carbocycles. The lowest BCUT2D eigenvalue weighted by molar-refractivity contribution is 0.0643. The molecule has 0 saturated carbocycles. The van der Waals surface area contributed by atoms with Gasteiger partial charge in [-0.25, -0.2) is 4.39 Å². The van der Waals surface area contributed by atoms with E-state index in [0.717, 1.165) is 38.2 Å². The minimum atomic E-state index is -0.349. The van der Waals surface area contributed by atoms with Gasteiger partial charge in [0, 0.05) is 42.5 Å². The third-order valence-electron chi connectivity index (χ3n) is 6.44. The molecule has 2 aromatic carbocycles. The summed E-state index contributed by atoms with van der Waals surface area (Å²) in [4.78, 5) is 19.4. The molecule has 6 heteroatoms. The van der Waals surface area contributed by atoms with Gasteiger partial charge in [0.25, 0.3) is 5.91 Å². The fourth-order valence-corrected chi connectivity index (χ4v) is 4.79. The van der Waals surface area contributed by atoms with Crippen molar-refractivity contribution in [3.05, 3.63) is 59.4 Å². The van der Waals surface area contributed by atoms with E-state index in [9.17, 15) is 10.1 Å². The molecule has 0 unspecified atom stereocenters. The van der Waals surface area contributed by atoms with E-state index in [1.807, 2.05) is 61.8 Å². The van der Waals surface area contributed by atoms with Crippen LogP contribution in [-0.2, 0) is 0 Å². The molecule has 1 heterocycles. The Morgan fingerprint density at radius 2 is 1.70 bits per heavy atom. The van der Waals surface area contributed by atoms with Crippen molar-refractivity contribution in [2.45, 2.75) is 65.6 Å². The van der Waals surface area contributed by atoms with E-state index in [1.165, 1.54) is 12.1 Å². The van der Waals surface area contributed by atoms with Gasteiger partial charge in [0.05, 0.1) is 17.3 Å². The first-order valence-corrected chi connectivity index (χ1v) is 11.9. The molecule has 1 aliphatic heterocycles. The second kappa shape index (κ2) is 10.8. The van der Waals surface area contributed by atoms with E-state index in [1.54, 1.807) is 6.07 Å². The van der Waals surface area contributed by atoms with Crippen LogP contribution in [0.15, 0.2) is 42.5 Å². The predicted octanol–water partition coefficient (Wildman–Crippen LogP) is 5.58. The minimum absolute atomic E-state index is 0.00740. The van der Waals surface area contributed by atoms with E-state index in [-0.39, 0.29) is 29.8 Å². The summed E-state index contributed by atoms with van der Waals surface area (Å²) in [5.74, 6) is -0.357. The molecule has 0 spiro atoms. The van der Waals surface area contributed by atoms with Crippen molar-refractivity contribution in [1.82, 2.24) is 9.80 Å². The summed E-state index contributed by atoms with van der Waals surface area (Å²) in [5, 5.41) is 9.38. The summed E-state index contributed by atoms with van der Waals surface area (Å²) in [6.07, 6.45) is 1.80. The third kappa shape index (κ3) is 5.54. The van der Waals surface area contributed by atoms with Gasteiger partial charge < -0.3 is 14.7 Å². The van der Waals surface area contributed by atoms with Gasteiger partial charge in [0.2, 0.25) is 0 Å². The molecule has 0 atom stereocenters. The number of likely N-dealkylation sites (tertiary alicyclic amines) is 1. The zero-order valence-corrected chi connectivity index (χ0v) is 20.4. The van der Waals surface area contributed by atoms with E-state index in [2.05, 4.69) is 17.9 Å². The highest BCUT2D eigenvalue weighted by atomic mass is 19.1. The van der Waals surface area contributed by atoms with Gasteiger partial charge >= 0.3 is 0 Å². The van der Waals surface area contributed by atoms with Crippen LogP contribution in [0.2, 0.25) is 0 Å². The van der Waals surface area contributed by atoms with Crippen molar-refractivity contribution >= 4 is 17.3 Å². The number of carbonyl (C=O) groups excluding carboxylic acids is 1. The maximum atomic E-state index is 15.0. The second-order valence-electron chi connectivity index (χ2n) is 9.26. The monoisotopic (exact) mass is 450 g/mol. The number of piperidine rings is 1. The Labute approximate surface area is 197 Å². The number of anilines is 2. The molecule has 0 N–H and O–H groups in total. The summed E-state index contributed by atoms with van der Waals surface area (Å²) in [5.41, 5.74) is 2.29. The molecule has 1 amide bonds. The topological polar surface area (TPSA) is 50.6 Å². The second-order valence-corrected chi connectivity index (χ2v) is 9.26. The lowest BCUT2D eigenvalue weighted by Crippen LogP contribution is -2.43. The molecule has 5 nitrogen and oxygen atoms in total. The van der Waals surface area contributed by atoms with Gasteiger partial charge in [0.15, 0.2) is 0 Å². The average Bonchev–Trinajstić information content (AvgIpc) is 2.81. The Morgan fingerprint density at radius 1 is 1.09 bits per heavy atom. The van der Waals surface area contributed by atoms with Gasteiger partial charge in [-0.15, -0.1) is 0 Å². The van der Waals surface area contributed by atoms with Crippen molar-refractivity contribution in [2.24, 2.45) is 0 Å². The SMILES string of the molecule is CCN1CCC(N(c2ccc(C(=O)N(C(C)C)C(C)C)cc2)c2cc(C#N)ccc2F)CC1. The van der Waals surface area contributed by atoms with Crippen molar-refractivity contribution < 1.29 is 9.18 Å². The zero-order valence-electron chi connectivity index (χ0n) is 20.4. The number of benzene rings is 2. The van der Waals surface area contributed by atoms with Gasteiger partial charge in [-0.2, -0.15) is 5.26 Å². The Bertz CT molecular complexity index is 980. The fourth-order valence-electron chi connectivity index (χ4n) is 4.79. The Hall–Kier alpha value is -2.91. The summed E-state index contributed by atoms with van der Waals surface area (Å²) in [6, 6.07) is 14.4. The molecule has 3 rings (SSSR count). The maximum Gasteiger partial charge on any atom is 0.254 e. The molecule has 0 radical (unpaired) electrons. The predicted molar refractivity (Wildman–Crippen MR) is 131 cm³/mol. The first-order valence-electron chi connectivity index (χ1n) is 11.9. The number of amides is 1. The third-order valence-corrected chi connectivity index (χ3v) is 6.44. The van der Waals surface area contributed by atoms with E-state index < -0.39 is 0 Å². The zero-order chi connectivity index (χ0) is 24.1. The molecule has 0 aromatic heterocycles. The summed E-state index contributed by atoms with van der Waals surface area (Å²) in [6.45, 7) is 13.1. The molecule has 0 bridgehead atoms. The molecule has 1 fully saturated rings. The molecule has 33 heavy (non-hydrogen) atoms. The first kappa shape index (κ1) is 24.7. The van der Waals surface area contributed by atoms with Crippen molar-refractivity contribution in [2.75, 3.05) is 24.5 Å². The number of nitrogens with zero attached hydrogens (tertiary/aromatic N) is 4. The van der Waals surface area contributed by atoms with Crippen molar-refractivity contribution in [1.29, 1.82) is 5.26 Å². The number of carbonyl (C=O) groups is 1. The number of nitriles is 1. The van der Waals surface area contributed by atoms with Crippen molar-refractivity contribution in [3.8, 4) is 6.07 Å². The van der Waals surface area contributed by atoms with Crippen LogP contribution < -0.4 is 4.90 Å². The molecular formula is C27H35FN4O. The highest BCUT2D eigenvalue weighted by molar-refractivity contribution is 5.95. The van der Waals surface area contributed by atoms with Crippen LogP contribution in [0.3, 0.4) is 0 Å². The van der Waals surface area contributed by atoms with Crippen LogP contribution in [0.25, 0.3) is 0 Å². The quantitative estimate of drug-likeness (QED) is 0.553. The minimum Gasteiger partial charge on any atom is -0.336 e. The smallest absolute Gasteiger partial charge is 0.254 e. The molecular weight excluding hydrogens is 415 g/mol. The van der Waals surface area contributed by atoms with Crippen LogP contribution >= 0.6 is 0 Å². The van der Waals surface area contributed by atoms with Gasteiger partial charge in [-0.1, -0.05) is 6.92 Å². The highest BCUT2D eigenvalue weighted by Crippen LogP contribution is 2.35. The average molecular weight is 451 g/mol. The summed E-state index contributed by atoms with van der Waals surface area (Å²) >= 11 is 0. The van der Waals surface area contributed by atoms with E-state index in [4.69, 9.17) is 0 Å². The number of hydrogen-bond donors (Lipinski definition) is 0. The number of rotatable bonds is 7. The Kier molecular flexibility index (Phi) is 8.10. The largest absolute Gasteiger partial charge is 0.336 e. The maximum absolute atomic E-state index is 15.0. The van der Waals surface area contributed by atoms with Crippen LogP contribution in [-0.4, -0.2) is 53.5 Å². The molecule has 1 aliphatic rings. The lowest BCUT2D eigenvalue weighted by atomic mass is 10.00. The normalized spacial score (nSPS) is 15.0. The summed E-state index contributed by atoms with van der Waals surface area (Å²) < 4.78 is 15.0. The number of halogens is 1. The molecule has 176 valence electrons. The first-order chi connectivity index (χ1) is 15.8. The fraction of sp³-hybridized carbons (Fsp3) is 0.481. The van der Waals surface area contributed by atoms with E-state index in [0.29, 0.717) is 16.8 Å². The lowest BCUT2D eigenvalue weighted by Gasteiger charge is -2.40. The van der Waals surface area contributed by atoms with Gasteiger partial charge in [-0.05, 0) is 89.5 Å². The molecule has 1 saturated heterocycles. The van der Waals surface area contributed by atoms with Crippen LogP contribution in [0.5, 0.6) is 0 Å². The van der Waals surface area contributed by atoms with Crippen LogP contribution in [0.1, 0.15) is 63.4 Å². The van der Waals surface area contributed by atoms with Crippen LogP contribution in [0, 0.1) is 17.1 Å².